The smallest absolute Gasteiger partial charge is 0.227 e. The van der Waals surface area contributed by atoms with Gasteiger partial charge in [-0.25, -0.2) is 0 Å². The summed E-state index contributed by atoms with van der Waals surface area (Å²) >= 11 is 0. The van der Waals surface area contributed by atoms with E-state index in [-0.39, 0.29) is 17.7 Å². The highest BCUT2D eigenvalue weighted by molar-refractivity contribution is 5.89. The van der Waals surface area contributed by atoms with Crippen molar-refractivity contribution in [2.75, 3.05) is 26.7 Å². The number of H-pyrrole nitrogens is 1. The number of carbonyl (C=O) groups excluding carboxylic acids is 2. The summed E-state index contributed by atoms with van der Waals surface area (Å²) in [5.74, 6) is 0.455. The number of carbonyl (C=O) groups is 2. The van der Waals surface area contributed by atoms with E-state index < -0.39 is 0 Å². The molecule has 0 radical (unpaired) electrons. The first-order valence-corrected chi connectivity index (χ1v) is 9.68. The molecule has 1 aromatic carbocycles. The monoisotopic (exact) mass is 355 g/mol. The van der Waals surface area contributed by atoms with E-state index in [0.717, 1.165) is 48.7 Å². The molecule has 5 nitrogen and oxygen atoms in total. The zero-order valence-corrected chi connectivity index (χ0v) is 15.8. The summed E-state index contributed by atoms with van der Waals surface area (Å²) in [4.78, 5) is 32.2. The van der Waals surface area contributed by atoms with E-state index in [1.165, 1.54) is 0 Å². The van der Waals surface area contributed by atoms with E-state index in [1.807, 2.05) is 47.3 Å². The Balaban J connectivity index is 1.53. The minimum atomic E-state index is 0.0639. The molecule has 0 spiro atoms. The van der Waals surface area contributed by atoms with Gasteiger partial charge in [-0.05, 0) is 30.9 Å². The average molecular weight is 355 g/mol. The molecular weight excluding hydrogens is 326 g/mol. The number of piperidine rings is 1. The van der Waals surface area contributed by atoms with E-state index in [4.69, 9.17) is 0 Å². The molecule has 1 N–H and O–H groups in total. The number of unbranched alkanes of at least 4 members (excludes halogenated alkanes) is 1. The fourth-order valence-corrected chi connectivity index (χ4v) is 3.75. The quantitative estimate of drug-likeness (QED) is 0.865. The number of aromatic amines is 1. The predicted octanol–water partition coefficient (Wildman–Crippen LogP) is 3.21. The fourth-order valence-electron chi connectivity index (χ4n) is 3.75. The summed E-state index contributed by atoms with van der Waals surface area (Å²) in [5.41, 5.74) is 2.11. The highest BCUT2D eigenvalue weighted by atomic mass is 16.2. The molecule has 26 heavy (non-hydrogen) atoms. The molecule has 0 atom stereocenters. The van der Waals surface area contributed by atoms with Crippen LogP contribution in [0.4, 0.5) is 0 Å². The topological polar surface area (TPSA) is 56.4 Å². The van der Waals surface area contributed by atoms with Crippen LogP contribution in [-0.4, -0.2) is 53.3 Å². The molecule has 0 bridgehead atoms. The molecule has 5 heteroatoms. The van der Waals surface area contributed by atoms with Crippen LogP contribution in [0.2, 0.25) is 0 Å². The average Bonchev–Trinajstić information content (AvgIpc) is 3.08. The van der Waals surface area contributed by atoms with Crippen molar-refractivity contribution in [1.82, 2.24) is 14.8 Å². The van der Waals surface area contributed by atoms with E-state index in [9.17, 15) is 9.59 Å². The fraction of sp³-hybridized carbons (Fsp3) is 0.524. The number of hydrogen-bond acceptors (Lipinski definition) is 2. The molecule has 1 saturated heterocycles. The second kappa shape index (κ2) is 8.39. The highest BCUT2D eigenvalue weighted by Crippen LogP contribution is 2.22. The highest BCUT2D eigenvalue weighted by Gasteiger charge is 2.29. The van der Waals surface area contributed by atoms with Crippen molar-refractivity contribution in [3.05, 3.63) is 36.0 Å². The number of rotatable bonds is 6. The maximum Gasteiger partial charge on any atom is 0.227 e. The summed E-state index contributed by atoms with van der Waals surface area (Å²) < 4.78 is 0. The minimum Gasteiger partial charge on any atom is -0.361 e. The molecule has 2 aromatic rings. The molecule has 0 unspecified atom stereocenters. The molecule has 2 heterocycles. The standard InChI is InChI=1S/C21H29N3O2/c1-3-4-11-23(2)21(26)16-9-12-24(13-10-16)20(25)14-17-15-22-19-8-6-5-7-18(17)19/h5-8,15-16,22H,3-4,9-14H2,1-2H3. The number of amides is 2. The van der Waals surface area contributed by atoms with Gasteiger partial charge in [0.1, 0.15) is 0 Å². The zero-order chi connectivity index (χ0) is 18.5. The first-order chi connectivity index (χ1) is 12.6. The first-order valence-electron chi connectivity index (χ1n) is 9.68. The number of para-hydroxylation sites is 1. The van der Waals surface area contributed by atoms with Crippen LogP contribution in [0.1, 0.15) is 38.2 Å². The molecule has 1 aliphatic rings. The molecular formula is C21H29N3O2. The Labute approximate surface area is 155 Å². The Morgan fingerprint density at radius 1 is 1.23 bits per heavy atom. The second-order valence-corrected chi connectivity index (χ2v) is 7.30. The largest absolute Gasteiger partial charge is 0.361 e. The van der Waals surface area contributed by atoms with E-state index in [1.54, 1.807) is 0 Å². The number of nitrogens with one attached hydrogen (secondary N) is 1. The zero-order valence-electron chi connectivity index (χ0n) is 15.8. The Morgan fingerprint density at radius 3 is 2.69 bits per heavy atom. The number of aromatic nitrogens is 1. The number of likely N-dealkylation sites (tertiary alicyclic amines) is 1. The Hall–Kier alpha value is -2.30. The van der Waals surface area contributed by atoms with E-state index >= 15 is 0 Å². The van der Waals surface area contributed by atoms with Gasteiger partial charge in [0.2, 0.25) is 11.8 Å². The number of nitrogens with zero attached hydrogens (tertiary/aromatic N) is 2. The summed E-state index contributed by atoms with van der Waals surface area (Å²) in [5, 5.41) is 1.11. The lowest BCUT2D eigenvalue weighted by Gasteiger charge is -2.33. The molecule has 1 aliphatic heterocycles. The van der Waals surface area contributed by atoms with Crippen LogP contribution in [0.25, 0.3) is 10.9 Å². The summed E-state index contributed by atoms with van der Waals surface area (Å²) in [6, 6.07) is 8.06. The van der Waals surface area contributed by atoms with Gasteiger partial charge in [-0.2, -0.15) is 0 Å². The van der Waals surface area contributed by atoms with Crippen LogP contribution >= 0.6 is 0 Å². The molecule has 2 amide bonds. The van der Waals surface area contributed by atoms with Crippen molar-refractivity contribution < 1.29 is 9.59 Å². The predicted molar refractivity (Wildman–Crippen MR) is 104 cm³/mol. The van der Waals surface area contributed by atoms with Gasteiger partial charge in [0.15, 0.2) is 0 Å². The van der Waals surface area contributed by atoms with Crippen LogP contribution in [0, 0.1) is 5.92 Å². The molecule has 0 aliphatic carbocycles. The molecule has 140 valence electrons. The Kier molecular flexibility index (Phi) is 5.96. The summed E-state index contributed by atoms with van der Waals surface area (Å²) in [7, 11) is 1.90. The molecule has 1 aromatic heterocycles. The van der Waals surface area contributed by atoms with Gasteiger partial charge in [-0.1, -0.05) is 31.5 Å². The van der Waals surface area contributed by atoms with Crippen molar-refractivity contribution in [3.8, 4) is 0 Å². The Morgan fingerprint density at radius 2 is 1.96 bits per heavy atom. The van der Waals surface area contributed by atoms with Crippen molar-refractivity contribution in [2.45, 2.75) is 39.0 Å². The molecule has 3 rings (SSSR count). The summed E-state index contributed by atoms with van der Waals surface area (Å²) in [6.07, 6.45) is 6.03. The van der Waals surface area contributed by atoms with Gasteiger partial charge in [-0.15, -0.1) is 0 Å². The third-order valence-corrected chi connectivity index (χ3v) is 5.44. The second-order valence-electron chi connectivity index (χ2n) is 7.30. The number of benzene rings is 1. The van der Waals surface area contributed by atoms with Crippen LogP contribution in [-0.2, 0) is 16.0 Å². The first kappa shape index (κ1) is 18.5. The van der Waals surface area contributed by atoms with Gasteiger partial charge in [0, 0.05) is 49.7 Å². The number of hydrogen-bond donors (Lipinski definition) is 1. The van der Waals surface area contributed by atoms with Gasteiger partial charge in [0.05, 0.1) is 6.42 Å². The van der Waals surface area contributed by atoms with Crippen molar-refractivity contribution in [3.63, 3.8) is 0 Å². The lowest BCUT2D eigenvalue weighted by atomic mass is 9.95. The van der Waals surface area contributed by atoms with Gasteiger partial charge in [0.25, 0.3) is 0 Å². The van der Waals surface area contributed by atoms with Crippen LogP contribution in [0.15, 0.2) is 30.5 Å². The third kappa shape index (κ3) is 4.09. The van der Waals surface area contributed by atoms with Crippen LogP contribution in [0.5, 0.6) is 0 Å². The van der Waals surface area contributed by atoms with Crippen molar-refractivity contribution in [2.24, 2.45) is 5.92 Å². The SMILES string of the molecule is CCCCN(C)C(=O)C1CCN(C(=O)Cc2c[nH]c3ccccc23)CC1. The minimum absolute atomic E-state index is 0.0639. The normalized spacial score (nSPS) is 15.4. The lowest BCUT2D eigenvalue weighted by molar-refractivity contribution is -0.139. The summed E-state index contributed by atoms with van der Waals surface area (Å²) in [6.45, 7) is 4.32. The van der Waals surface area contributed by atoms with Crippen LogP contribution in [0.3, 0.4) is 0 Å². The lowest BCUT2D eigenvalue weighted by Crippen LogP contribution is -2.44. The van der Waals surface area contributed by atoms with Gasteiger partial charge in [-0.3, -0.25) is 9.59 Å². The van der Waals surface area contributed by atoms with Gasteiger partial charge >= 0.3 is 0 Å². The van der Waals surface area contributed by atoms with Gasteiger partial charge < -0.3 is 14.8 Å². The maximum absolute atomic E-state index is 12.7. The van der Waals surface area contributed by atoms with Crippen LogP contribution < -0.4 is 0 Å². The molecule has 1 fully saturated rings. The third-order valence-electron chi connectivity index (χ3n) is 5.44. The van der Waals surface area contributed by atoms with Crippen molar-refractivity contribution in [1.29, 1.82) is 0 Å². The van der Waals surface area contributed by atoms with E-state index in [0.29, 0.717) is 19.5 Å². The number of fused-ring (bicyclic) bond motifs is 1. The maximum atomic E-state index is 12.7. The molecule has 0 saturated carbocycles. The van der Waals surface area contributed by atoms with Crippen molar-refractivity contribution >= 4 is 22.7 Å². The Bertz CT molecular complexity index is 759. The van der Waals surface area contributed by atoms with E-state index in [2.05, 4.69) is 11.9 Å².